The SMILES string of the molecule is CCCCNC(=O)C(C)N(Cc1ccccc1F)C(=O)COc1ccccc1C. The van der Waals surface area contributed by atoms with Crippen LogP contribution in [0.5, 0.6) is 5.75 Å². The quantitative estimate of drug-likeness (QED) is 0.617. The zero-order chi connectivity index (χ0) is 21.2. The van der Waals surface area contributed by atoms with Crippen molar-refractivity contribution in [1.82, 2.24) is 10.2 Å². The number of nitrogens with one attached hydrogen (secondary N) is 1. The van der Waals surface area contributed by atoms with Crippen molar-refractivity contribution in [2.75, 3.05) is 13.2 Å². The molecule has 0 aromatic heterocycles. The van der Waals surface area contributed by atoms with E-state index in [1.165, 1.54) is 11.0 Å². The second kappa shape index (κ2) is 11.2. The van der Waals surface area contributed by atoms with E-state index in [-0.39, 0.29) is 25.0 Å². The van der Waals surface area contributed by atoms with E-state index >= 15 is 0 Å². The first-order valence-electron chi connectivity index (χ1n) is 9.93. The summed E-state index contributed by atoms with van der Waals surface area (Å²) < 4.78 is 19.8. The van der Waals surface area contributed by atoms with Crippen LogP contribution in [0.4, 0.5) is 4.39 Å². The minimum absolute atomic E-state index is 0.00893. The summed E-state index contributed by atoms with van der Waals surface area (Å²) in [7, 11) is 0. The maximum atomic E-state index is 14.2. The first-order valence-corrected chi connectivity index (χ1v) is 9.93. The number of unbranched alkanes of at least 4 members (excludes halogenated alkanes) is 1. The number of aryl methyl sites for hydroxylation is 1. The van der Waals surface area contributed by atoms with Crippen molar-refractivity contribution in [2.45, 2.75) is 46.2 Å². The molecule has 0 aliphatic carbocycles. The summed E-state index contributed by atoms with van der Waals surface area (Å²) in [6.07, 6.45) is 1.81. The van der Waals surface area contributed by atoms with E-state index in [1.807, 2.05) is 32.0 Å². The van der Waals surface area contributed by atoms with Crippen LogP contribution in [0, 0.1) is 12.7 Å². The van der Waals surface area contributed by atoms with Crippen molar-refractivity contribution < 1.29 is 18.7 Å². The van der Waals surface area contributed by atoms with Crippen molar-refractivity contribution in [3.63, 3.8) is 0 Å². The van der Waals surface area contributed by atoms with Crippen LogP contribution in [-0.4, -0.2) is 35.9 Å². The fourth-order valence-electron chi connectivity index (χ4n) is 2.87. The van der Waals surface area contributed by atoms with E-state index in [2.05, 4.69) is 5.32 Å². The smallest absolute Gasteiger partial charge is 0.261 e. The van der Waals surface area contributed by atoms with Crippen LogP contribution in [-0.2, 0) is 16.1 Å². The second-order valence-corrected chi connectivity index (χ2v) is 6.99. The molecule has 0 spiro atoms. The van der Waals surface area contributed by atoms with Gasteiger partial charge < -0.3 is 15.0 Å². The molecule has 0 fully saturated rings. The van der Waals surface area contributed by atoms with Gasteiger partial charge in [0, 0.05) is 18.7 Å². The molecular formula is C23H29FN2O3. The van der Waals surface area contributed by atoms with Crippen LogP contribution < -0.4 is 10.1 Å². The number of amides is 2. The molecule has 2 rings (SSSR count). The van der Waals surface area contributed by atoms with E-state index in [1.54, 1.807) is 31.2 Å². The molecule has 0 aliphatic heterocycles. The highest BCUT2D eigenvalue weighted by Crippen LogP contribution is 2.17. The van der Waals surface area contributed by atoms with Gasteiger partial charge in [0.05, 0.1) is 0 Å². The molecule has 0 heterocycles. The molecule has 0 aliphatic rings. The maximum absolute atomic E-state index is 14.2. The van der Waals surface area contributed by atoms with E-state index in [0.29, 0.717) is 17.9 Å². The lowest BCUT2D eigenvalue weighted by Gasteiger charge is -2.29. The van der Waals surface area contributed by atoms with Crippen molar-refractivity contribution >= 4 is 11.8 Å². The number of rotatable bonds is 10. The number of carbonyl (C=O) groups is 2. The van der Waals surface area contributed by atoms with Crippen molar-refractivity contribution in [1.29, 1.82) is 0 Å². The van der Waals surface area contributed by atoms with Gasteiger partial charge in [0.25, 0.3) is 5.91 Å². The molecule has 29 heavy (non-hydrogen) atoms. The molecule has 0 radical (unpaired) electrons. The van der Waals surface area contributed by atoms with Crippen molar-refractivity contribution in [3.8, 4) is 5.75 Å². The zero-order valence-electron chi connectivity index (χ0n) is 17.3. The minimum Gasteiger partial charge on any atom is -0.484 e. The lowest BCUT2D eigenvalue weighted by atomic mass is 10.1. The van der Waals surface area contributed by atoms with E-state index < -0.39 is 11.9 Å². The molecule has 5 nitrogen and oxygen atoms in total. The molecule has 1 N–H and O–H groups in total. The van der Waals surface area contributed by atoms with Crippen LogP contribution in [0.25, 0.3) is 0 Å². The molecule has 1 unspecified atom stereocenters. The Bertz CT molecular complexity index is 825. The van der Waals surface area contributed by atoms with E-state index in [0.717, 1.165) is 18.4 Å². The highest BCUT2D eigenvalue weighted by Gasteiger charge is 2.27. The third kappa shape index (κ3) is 6.59. The van der Waals surface area contributed by atoms with Crippen LogP contribution in [0.15, 0.2) is 48.5 Å². The van der Waals surface area contributed by atoms with Gasteiger partial charge in [-0.1, -0.05) is 49.7 Å². The average Bonchev–Trinajstić information content (AvgIpc) is 2.72. The summed E-state index contributed by atoms with van der Waals surface area (Å²) in [5.41, 5.74) is 1.26. The van der Waals surface area contributed by atoms with Crippen LogP contribution in [0.2, 0.25) is 0 Å². The normalized spacial score (nSPS) is 11.6. The topological polar surface area (TPSA) is 58.6 Å². The number of ether oxygens (including phenoxy) is 1. The average molecular weight is 400 g/mol. The van der Waals surface area contributed by atoms with Gasteiger partial charge in [-0.05, 0) is 38.0 Å². The Hall–Kier alpha value is -2.89. The molecule has 0 saturated heterocycles. The lowest BCUT2D eigenvalue weighted by Crippen LogP contribution is -2.49. The van der Waals surface area contributed by atoms with Gasteiger partial charge in [0.2, 0.25) is 5.91 Å². The Morgan fingerprint density at radius 3 is 2.52 bits per heavy atom. The monoisotopic (exact) mass is 400 g/mol. The Morgan fingerprint density at radius 2 is 1.83 bits per heavy atom. The molecule has 2 amide bonds. The second-order valence-electron chi connectivity index (χ2n) is 6.99. The van der Waals surface area contributed by atoms with Crippen molar-refractivity contribution in [3.05, 3.63) is 65.5 Å². The Labute approximate surface area is 171 Å². The number of benzene rings is 2. The highest BCUT2D eigenvalue weighted by atomic mass is 19.1. The van der Waals surface area contributed by atoms with Gasteiger partial charge in [-0.3, -0.25) is 9.59 Å². The van der Waals surface area contributed by atoms with Crippen molar-refractivity contribution in [2.24, 2.45) is 0 Å². The number of halogens is 1. The maximum Gasteiger partial charge on any atom is 0.261 e. The molecule has 2 aromatic carbocycles. The summed E-state index contributed by atoms with van der Waals surface area (Å²) in [6.45, 7) is 5.87. The van der Waals surface area contributed by atoms with Gasteiger partial charge in [-0.15, -0.1) is 0 Å². The Kier molecular flexibility index (Phi) is 8.65. The third-order valence-electron chi connectivity index (χ3n) is 4.74. The number of nitrogens with zero attached hydrogens (tertiary/aromatic N) is 1. The largest absolute Gasteiger partial charge is 0.484 e. The summed E-state index contributed by atoms with van der Waals surface area (Å²) in [6, 6.07) is 12.9. The van der Waals surface area contributed by atoms with Gasteiger partial charge >= 0.3 is 0 Å². The Balaban J connectivity index is 2.14. The standard InChI is InChI=1S/C23H29FN2O3/c1-4-5-14-25-23(28)18(3)26(15-19-11-7-8-12-20(19)24)22(27)16-29-21-13-9-6-10-17(21)2/h6-13,18H,4-5,14-16H2,1-3H3,(H,25,28). The summed E-state index contributed by atoms with van der Waals surface area (Å²) in [5.74, 6) is -0.455. The van der Waals surface area contributed by atoms with Gasteiger partial charge in [-0.25, -0.2) is 4.39 Å². The zero-order valence-corrected chi connectivity index (χ0v) is 17.3. The van der Waals surface area contributed by atoms with E-state index in [4.69, 9.17) is 4.74 Å². The molecule has 6 heteroatoms. The van der Waals surface area contributed by atoms with Gasteiger partial charge in [-0.2, -0.15) is 0 Å². The number of carbonyl (C=O) groups excluding carboxylic acids is 2. The van der Waals surface area contributed by atoms with Gasteiger partial charge in [0.15, 0.2) is 6.61 Å². The lowest BCUT2D eigenvalue weighted by molar-refractivity contribution is -0.142. The number of hydrogen-bond donors (Lipinski definition) is 1. The molecular weight excluding hydrogens is 371 g/mol. The predicted octanol–water partition coefficient (Wildman–Crippen LogP) is 3.85. The summed E-state index contributed by atoms with van der Waals surface area (Å²) >= 11 is 0. The third-order valence-corrected chi connectivity index (χ3v) is 4.74. The highest BCUT2D eigenvalue weighted by molar-refractivity contribution is 5.87. The fraction of sp³-hybridized carbons (Fsp3) is 0.391. The molecule has 1 atom stereocenters. The van der Waals surface area contributed by atoms with Crippen LogP contribution >= 0.6 is 0 Å². The van der Waals surface area contributed by atoms with Gasteiger partial charge in [0.1, 0.15) is 17.6 Å². The molecule has 2 aromatic rings. The first-order chi connectivity index (χ1) is 13.9. The van der Waals surface area contributed by atoms with Crippen LogP contribution in [0.1, 0.15) is 37.8 Å². The minimum atomic E-state index is -0.751. The predicted molar refractivity (Wildman–Crippen MR) is 111 cm³/mol. The fourth-order valence-corrected chi connectivity index (χ4v) is 2.87. The summed E-state index contributed by atoms with van der Waals surface area (Å²) in [4.78, 5) is 26.8. The first kappa shape index (κ1) is 22.4. The summed E-state index contributed by atoms with van der Waals surface area (Å²) in [5, 5.41) is 2.83. The molecule has 0 saturated carbocycles. The molecule has 156 valence electrons. The Morgan fingerprint density at radius 1 is 1.14 bits per heavy atom. The van der Waals surface area contributed by atoms with E-state index in [9.17, 15) is 14.0 Å². The molecule has 0 bridgehead atoms. The number of para-hydroxylation sites is 1. The van der Waals surface area contributed by atoms with Crippen LogP contribution in [0.3, 0.4) is 0 Å². The number of hydrogen-bond acceptors (Lipinski definition) is 3.